The zero-order valence-electron chi connectivity index (χ0n) is 12.9. The summed E-state index contributed by atoms with van der Waals surface area (Å²) in [5.74, 6) is 0. The summed E-state index contributed by atoms with van der Waals surface area (Å²) < 4.78 is 0. The van der Waals surface area contributed by atoms with Crippen LogP contribution in [0.2, 0.25) is 0 Å². The largest absolute Gasteiger partial charge is 0.337 e. The van der Waals surface area contributed by atoms with Crippen LogP contribution in [0.25, 0.3) is 0 Å². The molecule has 1 atom stereocenters. The zero-order chi connectivity index (χ0) is 13.8. The van der Waals surface area contributed by atoms with Crippen LogP contribution in [0, 0.1) is 0 Å². The molecule has 110 valence electrons. The van der Waals surface area contributed by atoms with E-state index in [9.17, 15) is 0 Å². The number of fused-ring (bicyclic) bond motifs is 1. The lowest BCUT2D eigenvalue weighted by atomic mass is 9.87. The molecule has 0 saturated carbocycles. The summed E-state index contributed by atoms with van der Waals surface area (Å²) in [7, 11) is 0. The van der Waals surface area contributed by atoms with Gasteiger partial charge >= 0.3 is 0 Å². The van der Waals surface area contributed by atoms with Gasteiger partial charge in [-0.3, -0.25) is 0 Å². The zero-order valence-corrected chi connectivity index (χ0v) is 12.9. The number of aryl methyl sites for hydroxylation is 1. The molecular formula is C18H30N2+2. The van der Waals surface area contributed by atoms with Crippen LogP contribution in [0.3, 0.4) is 0 Å². The Kier molecular flexibility index (Phi) is 4.74. The Morgan fingerprint density at radius 2 is 1.95 bits per heavy atom. The highest BCUT2D eigenvalue weighted by atomic mass is 15.1. The Bertz CT molecular complexity index is 421. The van der Waals surface area contributed by atoms with Gasteiger partial charge in [0.05, 0.1) is 25.7 Å². The van der Waals surface area contributed by atoms with Crippen LogP contribution in [-0.2, 0) is 6.42 Å². The van der Waals surface area contributed by atoms with Crippen LogP contribution in [0.5, 0.6) is 0 Å². The number of rotatable bonds is 4. The summed E-state index contributed by atoms with van der Waals surface area (Å²) in [5, 5.41) is 2.71. The third kappa shape index (κ3) is 3.24. The predicted molar refractivity (Wildman–Crippen MR) is 82.9 cm³/mol. The quantitative estimate of drug-likeness (QED) is 0.820. The second kappa shape index (κ2) is 6.73. The molecule has 2 heteroatoms. The lowest BCUT2D eigenvalue weighted by molar-refractivity contribution is -0.914. The van der Waals surface area contributed by atoms with E-state index in [4.69, 9.17) is 0 Å². The number of benzene rings is 1. The molecule has 2 nitrogen and oxygen atoms in total. The third-order valence-corrected chi connectivity index (χ3v) is 5.26. The van der Waals surface area contributed by atoms with Crippen molar-refractivity contribution < 1.29 is 10.2 Å². The van der Waals surface area contributed by atoms with Gasteiger partial charge in [-0.15, -0.1) is 0 Å². The lowest BCUT2D eigenvalue weighted by Gasteiger charge is -2.32. The third-order valence-electron chi connectivity index (χ3n) is 5.26. The van der Waals surface area contributed by atoms with Crippen LogP contribution in [-0.4, -0.2) is 25.7 Å². The summed E-state index contributed by atoms with van der Waals surface area (Å²) in [6.45, 7) is 6.47. The number of nitrogens with two attached hydrogens (primary N) is 1. The minimum atomic E-state index is 0.734. The first-order valence-corrected chi connectivity index (χ1v) is 8.63. The van der Waals surface area contributed by atoms with E-state index >= 15 is 0 Å². The van der Waals surface area contributed by atoms with Crippen molar-refractivity contribution in [2.75, 3.05) is 19.6 Å². The highest BCUT2D eigenvalue weighted by molar-refractivity contribution is 5.30. The van der Waals surface area contributed by atoms with Gasteiger partial charge in [-0.2, -0.15) is 0 Å². The molecule has 3 N–H and O–H groups in total. The average Bonchev–Trinajstić information content (AvgIpc) is 2.50. The van der Waals surface area contributed by atoms with Gasteiger partial charge in [0.15, 0.2) is 0 Å². The van der Waals surface area contributed by atoms with E-state index in [0.717, 1.165) is 12.1 Å². The Morgan fingerprint density at radius 3 is 2.75 bits per heavy atom. The summed E-state index contributed by atoms with van der Waals surface area (Å²) >= 11 is 0. The van der Waals surface area contributed by atoms with Crippen molar-refractivity contribution in [2.24, 2.45) is 0 Å². The molecule has 0 amide bonds. The molecule has 3 rings (SSSR count). The van der Waals surface area contributed by atoms with Crippen molar-refractivity contribution in [1.29, 1.82) is 0 Å². The first-order chi connectivity index (χ1) is 9.86. The number of hydrogen-bond donors (Lipinski definition) is 2. The Morgan fingerprint density at radius 1 is 1.15 bits per heavy atom. The van der Waals surface area contributed by atoms with E-state index in [-0.39, 0.29) is 0 Å². The summed E-state index contributed by atoms with van der Waals surface area (Å²) in [6, 6.07) is 10.7. The molecule has 0 bridgehead atoms. The standard InChI is InChI=1S/C18H28N2/c1-2-12-20-13-10-16(11-14-20)19-18-9-5-7-15-6-3-4-8-17(15)18/h3-4,6,8,16,18-19H,2,5,7,9-14H2,1H3/p+2/t18-/m0/s1. The van der Waals surface area contributed by atoms with E-state index in [0.29, 0.717) is 0 Å². The van der Waals surface area contributed by atoms with Crippen LogP contribution in [0.15, 0.2) is 24.3 Å². The molecule has 1 fully saturated rings. The fourth-order valence-electron chi connectivity index (χ4n) is 4.16. The van der Waals surface area contributed by atoms with Gasteiger partial charge in [0, 0.05) is 24.8 Å². The maximum Gasteiger partial charge on any atom is 0.112 e. The van der Waals surface area contributed by atoms with E-state index in [1.165, 1.54) is 58.2 Å². The molecule has 2 aliphatic rings. The monoisotopic (exact) mass is 274 g/mol. The number of hydrogen-bond acceptors (Lipinski definition) is 0. The molecule has 1 aliphatic carbocycles. The maximum absolute atomic E-state index is 2.71. The van der Waals surface area contributed by atoms with Gasteiger partial charge in [-0.25, -0.2) is 0 Å². The molecular weight excluding hydrogens is 244 g/mol. The fraction of sp³-hybridized carbons (Fsp3) is 0.667. The lowest BCUT2D eigenvalue weighted by Crippen LogP contribution is -3.14. The minimum absolute atomic E-state index is 0.734. The highest BCUT2D eigenvalue weighted by Crippen LogP contribution is 2.26. The minimum Gasteiger partial charge on any atom is -0.337 e. The number of likely N-dealkylation sites (tertiary alicyclic amines) is 1. The van der Waals surface area contributed by atoms with Crippen molar-refractivity contribution in [2.45, 2.75) is 57.5 Å². The van der Waals surface area contributed by atoms with Crippen molar-refractivity contribution in [3.63, 3.8) is 0 Å². The molecule has 0 aromatic heterocycles. The van der Waals surface area contributed by atoms with Gasteiger partial charge in [0.1, 0.15) is 6.04 Å². The van der Waals surface area contributed by atoms with E-state index < -0.39 is 0 Å². The van der Waals surface area contributed by atoms with Crippen LogP contribution >= 0.6 is 0 Å². The Hall–Kier alpha value is -0.860. The van der Waals surface area contributed by atoms with Crippen molar-refractivity contribution in [1.82, 2.24) is 0 Å². The van der Waals surface area contributed by atoms with Crippen molar-refractivity contribution in [3.05, 3.63) is 35.4 Å². The summed E-state index contributed by atoms with van der Waals surface area (Å²) in [5.41, 5.74) is 3.23. The Labute approximate surface area is 123 Å². The molecule has 0 radical (unpaired) electrons. The molecule has 1 saturated heterocycles. The Balaban J connectivity index is 1.57. The van der Waals surface area contributed by atoms with Crippen molar-refractivity contribution in [3.8, 4) is 0 Å². The maximum atomic E-state index is 2.71. The number of quaternary nitrogens is 2. The number of piperidine rings is 1. The molecule has 20 heavy (non-hydrogen) atoms. The highest BCUT2D eigenvalue weighted by Gasteiger charge is 2.29. The van der Waals surface area contributed by atoms with Gasteiger partial charge in [0.25, 0.3) is 0 Å². The van der Waals surface area contributed by atoms with E-state index in [1.807, 2.05) is 4.90 Å². The molecule has 1 aliphatic heterocycles. The average molecular weight is 274 g/mol. The predicted octanol–water partition coefficient (Wildman–Crippen LogP) is 1.08. The first-order valence-electron chi connectivity index (χ1n) is 8.63. The number of nitrogens with one attached hydrogen (secondary N) is 1. The van der Waals surface area contributed by atoms with E-state index in [2.05, 4.69) is 36.5 Å². The van der Waals surface area contributed by atoms with E-state index in [1.54, 1.807) is 11.1 Å². The van der Waals surface area contributed by atoms with Crippen LogP contribution in [0.1, 0.15) is 56.2 Å². The van der Waals surface area contributed by atoms with Crippen LogP contribution < -0.4 is 10.2 Å². The van der Waals surface area contributed by atoms with Gasteiger partial charge in [-0.05, 0) is 24.8 Å². The summed E-state index contributed by atoms with van der Waals surface area (Å²) in [6.07, 6.45) is 8.19. The molecule has 1 heterocycles. The SMILES string of the molecule is CCC[NH+]1CCC([NH2+][C@H]2CCCc3ccccc32)CC1. The first kappa shape index (κ1) is 14.1. The second-order valence-corrected chi connectivity index (χ2v) is 6.73. The van der Waals surface area contributed by atoms with Crippen molar-refractivity contribution >= 4 is 0 Å². The van der Waals surface area contributed by atoms with Gasteiger partial charge < -0.3 is 10.2 Å². The molecule has 1 aromatic rings. The molecule has 1 aromatic carbocycles. The van der Waals surface area contributed by atoms with Gasteiger partial charge in [0.2, 0.25) is 0 Å². The van der Waals surface area contributed by atoms with Crippen LogP contribution in [0.4, 0.5) is 0 Å². The normalized spacial score (nSPS) is 29.9. The smallest absolute Gasteiger partial charge is 0.112 e. The van der Waals surface area contributed by atoms with Gasteiger partial charge in [-0.1, -0.05) is 31.2 Å². The second-order valence-electron chi connectivity index (χ2n) is 6.73. The summed E-state index contributed by atoms with van der Waals surface area (Å²) in [4.78, 5) is 1.83. The molecule has 0 unspecified atom stereocenters. The topological polar surface area (TPSA) is 21.1 Å². The molecule has 0 spiro atoms. The fourth-order valence-corrected chi connectivity index (χ4v) is 4.16.